The first kappa shape index (κ1) is 14.1. The number of aromatic nitrogens is 2. The number of hydrogen-bond donors (Lipinski definition) is 2. The Labute approximate surface area is 115 Å². The van der Waals surface area contributed by atoms with Crippen LogP contribution in [0.2, 0.25) is 0 Å². The number of hydrogen-bond acceptors (Lipinski definition) is 5. The normalized spacial score (nSPS) is 16.3. The Hall–Kier alpha value is -1.36. The smallest absolute Gasteiger partial charge is 0.318 e. The topological polar surface area (TPSA) is 59.1 Å². The van der Waals surface area contributed by atoms with Gasteiger partial charge in [0.05, 0.1) is 17.8 Å². The van der Waals surface area contributed by atoms with E-state index in [0.717, 1.165) is 24.6 Å². The van der Waals surface area contributed by atoms with E-state index < -0.39 is 0 Å². The van der Waals surface area contributed by atoms with Crippen molar-refractivity contribution in [1.82, 2.24) is 15.3 Å². The summed E-state index contributed by atoms with van der Waals surface area (Å²) in [6, 6.07) is 2.93. The molecule has 0 aromatic carbocycles. The predicted octanol–water partition coefficient (Wildman–Crippen LogP) is 1.94. The highest BCUT2D eigenvalue weighted by atomic mass is 16.5. The maximum Gasteiger partial charge on any atom is 0.318 e. The molecule has 0 unspecified atom stereocenters. The molecule has 1 aromatic rings. The van der Waals surface area contributed by atoms with E-state index >= 15 is 0 Å². The lowest BCUT2D eigenvalue weighted by Crippen LogP contribution is -2.51. The van der Waals surface area contributed by atoms with Crippen LogP contribution in [-0.4, -0.2) is 35.2 Å². The van der Waals surface area contributed by atoms with Crippen molar-refractivity contribution < 1.29 is 4.74 Å². The predicted molar refractivity (Wildman–Crippen MR) is 76.8 cm³/mol. The van der Waals surface area contributed by atoms with Crippen LogP contribution in [0.15, 0.2) is 6.07 Å². The first-order valence-electron chi connectivity index (χ1n) is 6.88. The molecule has 0 radical (unpaired) electrons. The van der Waals surface area contributed by atoms with E-state index in [4.69, 9.17) is 4.74 Å². The molecule has 1 aliphatic heterocycles. The van der Waals surface area contributed by atoms with E-state index in [-0.39, 0.29) is 11.5 Å². The van der Waals surface area contributed by atoms with Crippen LogP contribution in [0, 0.1) is 0 Å². The molecule has 1 aromatic heterocycles. The van der Waals surface area contributed by atoms with E-state index in [1.54, 1.807) is 0 Å². The van der Waals surface area contributed by atoms with Crippen molar-refractivity contribution in [3.8, 4) is 6.01 Å². The molecule has 19 heavy (non-hydrogen) atoms. The van der Waals surface area contributed by atoms with Gasteiger partial charge in [0, 0.05) is 24.6 Å². The summed E-state index contributed by atoms with van der Waals surface area (Å²) in [6.45, 7) is 12.4. The molecule has 0 bridgehead atoms. The Bertz CT molecular complexity index is 436. The summed E-state index contributed by atoms with van der Waals surface area (Å²) in [7, 11) is 0. The second-order valence-corrected chi connectivity index (χ2v) is 6.34. The molecule has 5 heteroatoms. The maximum absolute atomic E-state index is 5.65. The van der Waals surface area contributed by atoms with Gasteiger partial charge in [0.1, 0.15) is 5.82 Å². The van der Waals surface area contributed by atoms with Crippen LogP contribution in [0.4, 0.5) is 5.82 Å². The van der Waals surface area contributed by atoms with Crippen LogP contribution in [0.3, 0.4) is 0 Å². The lowest BCUT2D eigenvalue weighted by Gasteiger charge is -2.29. The Kier molecular flexibility index (Phi) is 3.94. The van der Waals surface area contributed by atoms with Gasteiger partial charge in [0.25, 0.3) is 0 Å². The van der Waals surface area contributed by atoms with Crippen molar-refractivity contribution in [3.05, 3.63) is 11.8 Å². The van der Waals surface area contributed by atoms with Crippen LogP contribution >= 0.6 is 0 Å². The molecular formula is C14H24N4O. The monoisotopic (exact) mass is 264 g/mol. The van der Waals surface area contributed by atoms with Crippen LogP contribution in [0.1, 0.15) is 40.3 Å². The summed E-state index contributed by atoms with van der Waals surface area (Å²) in [6.07, 6.45) is 0.0773. The summed E-state index contributed by atoms with van der Waals surface area (Å²) < 4.78 is 5.65. The molecule has 0 aliphatic carbocycles. The average molecular weight is 264 g/mol. The van der Waals surface area contributed by atoms with Crippen molar-refractivity contribution >= 4 is 5.82 Å². The molecule has 0 spiro atoms. The fourth-order valence-electron chi connectivity index (χ4n) is 1.75. The maximum atomic E-state index is 5.65. The van der Waals surface area contributed by atoms with Gasteiger partial charge in [-0.15, -0.1) is 0 Å². The minimum absolute atomic E-state index is 0.0215. The summed E-state index contributed by atoms with van der Waals surface area (Å²) in [5, 5.41) is 6.65. The summed E-state index contributed by atoms with van der Waals surface area (Å²) in [5.41, 5.74) is 0.972. The molecule has 2 heterocycles. The Balaban J connectivity index is 2.24. The Morgan fingerprint density at radius 3 is 2.47 bits per heavy atom. The number of anilines is 1. The average Bonchev–Trinajstić information content (AvgIpc) is 2.21. The number of ether oxygens (including phenoxy) is 1. The van der Waals surface area contributed by atoms with Crippen molar-refractivity contribution in [3.63, 3.8) is 0 Å². The minimum atomic E-state index is -0.0215. The van der Waals surface area contributed by atoms with Gasteiger partial charge < -0.3 is 15.4 Å². The minimum Gasteiger partial charge on any atom is -0.461 e. The number of nitrogens with zero attached hydrogens (tertiary/aromatic N) is 2. The van der Waals surface area contributed by atoms with E-state index in [0.29, 0.717) is 12.1 Å². The van der Waals surface area contributed by atoms with Gasteiger partial charge in [-0.25, -0.2) is 0 Å². The third kappa shape index (κ3) is 3.80. The van der Waals surface area contributed by atoms with Gasteiger partial charge in [-0.3, -0.25) is 0 Å². The van der Waals surface area contributed by atoms with E-state index in [2.05, 4.69) is 41.4 Å². The lowest BCUT2D eigenvalue weighted by atomic mass is 9.92. The third-order valence-electron chi connectivity index (χ3n) is 2.95. The van der Waals surface area contributed by atoms with E-state index in [9.17, 15) is 0 Å². The SMILES string of the molecule is CC(C)Oc1nc(NC2CNC2)cc(C(C)(C)C)n1. The molecule has 0 atom stereocenters. The van der Waals surface area contributed by atoms with Crippen molar-refractivity contribution in [1.29, 1.82) is 0 Å². The largest absolute Gasteiger partial charge is 0.461 e. The van der Waals surface area contributed by atoms with Gasteiger partial charge in [-0.2, -0.15) is 9.97 Å². The van der Waals surface area contributed by atoms with Gasteiger partial charge >= 0.3 is 6.01 Å². The van der Waals surface area contributed by atoms with Crippen molar-refractivity contribution in [2.24, 2.45) is 0 Å². The zero-order valence-corrected chi connectivity index (χ0v) is 12.4. The zero-order chi connectivity index (χ0) is 14.0. The quantitative estimate of drug-likeness (QED) is 0.870. The van der Waals surface area contributed by atoms with Crippen LogP contribution in [-0.2, 0) is 5.41 Å². The molecule has 1 fully saturated rings. The van der Waals surface area contributed by atoms with Crippen LogP contribution in [0.25, 0.3) is 0 Å². The molecule has 2 rings (SSSR count). The standard InChI is InChI=1S/C14H24N4O/c1-9(2)19-13-17-11(14(3,4)5)6-12(18-13)16-10-7-15-8-10/h6,9-10,15H,7-8H2,1-5H3,(H,16,17,18). The van der Waals surface area contributed by atoms with Gasteiger partial charge in [-0.05, 0) is 13.8 Å². The number of nitrogens with one attached hydrogen (secondary N) is 2. The highest BCUT2D eigenvalue weighted by Gasteiger charge is 2.21. The fraction of sp³-hybridized carbons (Fsp3) is 0.714. The van der Waals surface area contributed by atoms with Gasteiger partial charge in [0.15, 0.2) is 0 Å². The van der Waals surface area contributed by atoms with Crippen LogP contribution < -0.4 is 15.4 Å². The fourth-order valence-corrected chi connectivity index (χ4v) is 1.75. The van der Waals surface area contributed by atoms with Gasteiger partial charge in [0.2, 0.25) is 0 Å². The Morgan fingerprint density at radius 1 is 1.32 bits per heavy atom. The van der Waals surface area contributed by atoms with E-state index in [1.807, 2.05) is 19.9 Å². The molecule has 5 nitrogen and oxygen atoms in total. The molecule has 106 valence electrons. The second-order valence-electron chi connectivity index (χ2n) is 6.34. The second kappa shape index (κ2) is 5.33. The molecule has 1 aliphatic rings. The zero-order valence-electron chi connectivity index (χ0n) is 12.4. The van der Waals surface area contributed by atoms with Crippen molar-refractivity contribution in [2.45, 2.75) is 52.2 Å². The number of rotatable bonds is 4. The summed E-state index contributed by atoms with van der Waals surface area (Å²) in [5.74, 6) is 0.849. The van der Waals surface area contributed by atoms with Crippen molar-refractivity contribution in [2.75, 3.05) is 18.4 Å². The first-order valence-corrected chi connectivity index (χ1v) is 6.88. The van der Waals surface area contributed by atoms with Crippen LogP contribution in [0.5, 0.6) is 6.01 Å². The van der Waals surface area contributed by atoms with E-state index in [1.165, 1.54) is 0 Å². The third-order valence-corrected chi connectivity index (χ3v) is 2.95. The van der Waals surface area contributed by atoms with Gasteiger partial charge in [-0.1, -0.05) is 20.8 Å². The molecule has 1 saturated heterocycles. The molecule has 2 N–H and O–H groups in total. The highest BCUT2D eigenvalue weighted by molar-refractivity contribution is 5.40. The first-order chi connectivity index (χ1) is 8.84. The summed E-state index contributed by atoms with van der Waals surface area (Å²) in [4.78, 5) is 8.94. The molecular weight excluding hydrogens is 240 g/mol. The lowest BCUT2D eigenvalue weighted by molar-refractivity contribution is 0.220. The molecule has 0 saturated carbocycles. The Morgan fingerprint density at radius 2 is 2.00 bits per heavy atom. The highest BCUT2D eigenvalue weighted by Crippen LogP contribution is 2.25. The molecule has 0 amide bonds. The summed E-state index contributed by atoms with van der Waals surface area (Å²) >= 11 is 0.